The largest absolute Gasteiger partial charge is 0.294 e. The van der Waals surface area contributed by atoms with Crippen molar-refractivity contribution in [2.45, 2.75) is 46.3 Å². The van der Waals surface area contributed by atoms with Gasteiger partial charge in [0.05, 0.1) is 17.2 Å². The van der Waals surface area contributed by atoms with E-state index in [1.165, 1.54) is 6.92 Å². The average Bonchev–Trinajstić information content (AvgIpc) is 2.86. The van der Waals surface area contributed by atoms with Crippen LogP contribution in [0, 0.1) is 5.41 Å². The second kappa shape index (κ2) is 5.16. The summed E-state index contributed by atoms with van der Waals surface area (Å²) >= 11 is 0. The molecule has 22 heavy (non-hydrogen) atoms. The smallest absolute Gasteiger partial charge is 0.179 e. The van der Waals surface area contributed by atoms with Crippen LogP contribution in [0.25, 0.3) is 0 Å². The first-order valence-electron chi connectivity index (χ1n) is 7.72. The highest BCUT2D eigenvalue weighted by molar-refractivity contribution is 7.91. The van der Waals surface area contributed by atoms with E-state index < -0.39 is 9.84 Å². The molecule has 3 heterocycles. The molecule has 1 saturated heterocycles. The van der Waals surface area contributed by atoms with Gasteiger partial charge in [0.1, 0.15) is 5.69 Å². The Balaban J connectivity index is 2.02. The SMILES string of the molecule is CC(=O)c1cc2n(n1)CC1(CCS(=O)(=O)C1)CN(C(C)C)C2. The van der Waals surface area contributed by atoms with E-state index >= 15 is 0 Å². The lowest BCUT2D eigenvalue weighted by molar-refractivity contribution is 0.101. The van der Waals surface area contributed by atoms with Crippen LogP contribution in [0.3, 0.4) is 0 Å². The number of hydrogen-bond acceptors (Lipinski definition) is 5. The van der Waals surface area contributed by atoms with Gasteiger partial charge in [-0.15, -0.1) is 0 Å². The lowest BCUT2D eigenvalue weighted by Crippen LogP contribution is -2.41. The lowest BCUT2D eigenvalue weighted by atomic mass is 9.87. The van der Waals surface area contributed by atoms with Crippen LogP contribution in [0.15, 0.2) is 6.07 Å². The Kier molecular flexibility index (Phi) is 3.68. The minimum Gasteiger partial charge on any atom is -0.294 e. The monoisotopic (exact) mass is 325 g/mol. The summed E-state index contributed by atoms with van der Waals surface area (Å²) in [5, 5.41) is 4.42. The second-order valence-electron chi connectivity index (χ2n) is 7.08. The van der Waals surface area contributed by atoms with Gasteiger partial charge in [-0.05, 0) is 26.3 Å². The van der Waals surface area contributed by atoms with Gasteiger partial charge in [-0.2, -0.15) is 5.10 Å². The van der Waals surface area contributed by atoms with Gasteiger partial charge < -0.3 is 0 Å². The zero-order valence-electron chi connectivity index (χ0n) is 13.4. The molecule has 2 aliphatic heterocycles. The third-order valence-corrected chi connectivity index (χ3v) is 6.69. The maximum absolute atomic E-state index is 12.0. The molecule has 122 valence electrons. The van der Waals surface area contributed by atoms with E-state index in [0.29, 0.717) is 31.2 Å². The Morgan fingerprint density at radius 3 is 2.64 bits per heavy atom. The Morgan fingerprint density at radius 2 is 2.09 bits per heavy atom. The number of hydrogen-bond donors (Lipinski definition) is 0. The molecule has 1 aromatic heterocycles. The molecule has 0 N–H and O–H groups in total. The van der Waals surface area contributed by atoms with Gasteiger partial charge in [0, 0.05) is 38.0 Å². The van der Waals surface area contributed by atoms with Crippen molar-refractivity contribution in [2.24, 2.45) is 5.41 Å². The summed E-state index contributed by atoms with van der Waals surface area (Å²) in [7, 11) is -2.97. The predicted molar refractivity (Wildman–Crippen MR) is 83.5 cm³/mol. The van der Waals surface area contributed by atoms with E-state index in [9.17, 15) is 13.2 Å². The molecule has 1 unspecified atom stereocenters. The van der Waals surface area contributed by atoms with Gasteiger partial charge in [0.25, 0.3) is 0 Å². The van der Waals surface area contributed by atoms with Crippen LogP contribution in [0.5, 0.6) is 0 Å². The zero-order valence-corrected chi connectivity index (χ0v) is 14.2. The lowest BCUT2D eigenvalue weighted by Gasteiger charge is -2.33. The van der Waals surface area contributed by atoms with Crippen LogP contribution in [-0.4, -0.2) is 53.0 Å². The molecule has 7 heteroatoms. The summed E-state index contributed by atoms with van der Waals surface area (Å²) in [4.78, 5) is 13.9. The standard InChI is InChI=1S/C15H23N3O3S/c1-11(2)17-7-13-6-14(12(3)19)16-18(13)9-15(8-17)4-5-22(20,21)10-15/h6,11H,4-5,7-10H2,1-3H3. The van der Waals surface area contributed by atoms with Gasteiger partial charge in [-0.25, -0.2) is 8.42 Å². The molecule has 0 saturated carbocycles. The number of aromatic nitrogens is 2. The first kappa shape index (κ1) is 15.7. The second-order valence-corrected chi connectivity index (χ2v) is 9.26. The van der Waals surface area contributed by atoms with Crippen LogP contribution < -0.4 is 0 Å². The first-order chi connectivity index (χ1) is 10.2. The van der Waals surface area contributed by atoms with Gasteiger partial charge in [0.2, 0.25) is 0 Å². The normalized spacial score (nSPS) is 28.0. The topological polar surface area (TPSA) is 72.3 Å². The molecule has 1 fully saturated rings. The molecule has 0 aromatic carbocycles. The molecule has 2 aliphatic rings. The molecule has 1 atom stereocenters. The van der Waals surface area contributed by atoms with E-state index in [4.69, 9.17) is 0 Å². The summed E-state index contributed by atoms with van der Waals surface area (Å²) in [6.45, 7) is 7.81. The Hall–Kier alpha value is -1.21. The molecular weight excluding hydrogens is 302 g/mol. The quantitative estimate of drug-likeness (QED) is 0.762. The summed E-state index contributed by atoms with van der Waals surface area (Å²) in [6.07, 6.45) is 0.674. The Morgan fingerprint density at radius 1 is 1.36 bits per heavy atom. The van der Waals surface area contributed by atoms with E-state index in [-0.39, 0.29) is 22.7 Å². The van der Waals surface area contributed by atoms with Gasteiger partial charge in [-0.1, -0.05) is 0 Å². The van der Waals surface area contributed by atoms with Crippen molar-refractivity contribution in [3.8, 4) is 0 Å². The van der Waals surface area contributed by atoms with Crippen LogP contribution in [0.4, 0.5) is 0 Å². The molecule has 1 spiro atoms. The van der Waals surface area contributed by atoms with Gasteiger partial charge >= 0.3 is 0 Å². The number of sulfone groups is 1. The minimum atomic E-state index is -2.97. The Bertz CT molecular complexity index is 708. The van der Waals surface area contributed by atoms with E-state index in [2.05, 4.69) is 23.8 Å². The minimum absolute atomic E-state index is 0.0511. The fourth-order valence-electron chi connectivity index (χ4n) is 3.55. The fraction of sp³-hybridized carbons (Fsp3) is 0.733. The van der Waals surface area contributed by atoms with Crippen molar-refractivity contribution in [3.05, 3.63) is 17.5 Å². The third-order valence-electron chi connectivity index (χ3n) is 4.81. The molecule has 6 nitrogen and oxygen atoms in total. The summed E-state index contributed by atoms with van der Waals surface area (Å²) < 4.78 is 25.9. The number of rotatable bonds is 2. The predicted octanol–water partition coefficient (Wildman–Crippen LogP) is 1.11. The number of ketones is 1. The molecule has 0 bridgehead atoms. The average molecular weight is 325 g/mol. The van der Waals surface area contributed by atoms with Crippen molar-refractivity contribution < 1.29 is 13.2 Å². The van der Waals surface area contributed by atoms with Crippen molar-refractivity contribution in [1.82, 2.24) is 14.7 Å². The summed E-state index contributed by atoms with van der Waals surface area (Å²) in [6, 6.07) is 2.17. The maximum Gasteiger partial charge on any atom is 0.179 e. The summed E-state index contributed by atoms with van der Waals surface area (Å²) in [5.41, 5.74) is 1.19. The summed E-state index contributed by atoms with van der Waals surface area (Å²) in [5.74, 6) is 0.428. The highest BCUT2D eigenvalue weighted by Crippen LogP contribution is 2.38. The maximum atomic E-state index is 12.0. The van der Waals surface area contributed by atoms with Crippen LogP contribution in [0.1, 0.15) is 43.4 Å². The van der Waals surface area contributed by atoms with Crippen molar-refractivity contribution >= 4 is 15.6 Å². The fourth-order valence-corrected chi connectivity index (χ4v) is 5.70. The Labute approximate surface area is 131 Å². The van der Waals surface area contributed by atoms with E-state index in [0.717, 1.165) is 12.2 Å². The van der Waals surface area contributed by atoms with E-state index in [1.807, 2.05) is 10.7 Å². The van der Waals surface area contributed by atoms with Gasteiger partial charge in [-0.3, -0.25) is 14.4 Å². The van der Waals surface area contributed by atoms with Crippen LogP contribution >= 0.6 is 0 Å². The van der Waals surface area contributed by atoms with Crippen LogP contribution in [0.2, 0.25) is 0 Å². The van der Waals surface area contributed by atoms with E-state index in [1.54, 1.807) is 0 Å². The first-order valence-corrected chi connectivity index (χ1v) is 9.54. The number of fused-ring (bicyclic) bond motifs is 1. The molecule has 0 aliphatic carbocycles. The highest BCUT2D eigenvalue weighted by atomic mass is 32.2. The zero-order chi connectivity index (χ0) is 16.1. The number of carbonyl (C=O) groups excluding carboxylic acids is 1. The number of carbonyl (C=O) groups is 1. The molecule has 1 aromatic rings. The molecule has 0 radical (unpaired) electrons. The van der Waals surface area contributed by atoms with Crippen molar-refractivity contribution in [3.63, 3.8) is 0 Å². The third kappa shape index (κ3) is 2.84. The molecule has 3 rings (SSSR count). The highest BCUT2D eigenvalue weighted by Gasteiger charge is 2.45. The number of nitrogens with zero attached hydrogens (tertiary/aromatic N) is 3. The van der Waals surface area contributed by atoms with Gasteiger partial charge in [0.15, 0.2) is 15.6 Å². The van der Waals surface area contributed by atoms with Crippen LogP contribution in [-0.2, 0) is 22.9 Å². The van der Waals surface area contributed by atoms with Crippen molar-refractivity contribution in [2.75, 3.05) is 18.1 Å². The molecule has 0 amide bonds. The number of Topliss-reactive ketones (excluding diaryl/α,β-unsaturated/α-hetero) is 1. The van der Waals surface area contributed by atoms with Crippen molar-refractivity contribution in [1.29, 1.82) is 0 Å². The molecular formula is C15H23N3O3S.